The van der Waals surface area contributed by atoms with Gasteiger partial charge in [-0.1, -0.05) is 15.9 Å². The van der Waals surface area contributed by atoms with E-state index in [2.05, 4.69) is 20.9 Å². The Balaban J connectivity index is 2.44. The summed E-state index contributed by atoms with van der Waals surface area (Å²) in [6.07, 6.45) is 0. The molecule has 0 unspecified atom stereocenters. The minimum atomic E-state index is -0.794. The standard InChI is InChI=1S/C13H5BrF3IN2S/c14-5-1-7(16)12(8(17)2-5)20-11-3-6(15)9(18)4-10(11)19-13(20)21/h1-4H,(H,19,21). The first-order valence-electron chi connectivity index (χ1n) is 5.63. The predicted molar refractivity (Wildman–Crippen MR) is 88.8 cm³/mol. The van der Waals surface area contributed by atoms with Crippen LogP contribution in [0.15, 0.2) is 28.7 Å². The number of hydrogen-bond donors (Lipinski definition) is 1. The van der Waals surface area contributed by atoms with Gasteiger partial charge in [0.1, 0.15) is 11.5 Å². The summed E-state index contributed by atoms with van der Waals surface area (Å²) >= 11 is 9.96. The Morgan fingerprint density at radius 3 is 2.29 bits per heavy atom. The summed E-state index contributed by atoms with van der Waals surface area (Å²) in [5, 5.41) is 0. The van der Waals surface area contributed by atoms with Crippen molar-refractivity contribution in [3.63, 3.8) is 0 Å². The third-order valence-electron chi connectivity index (χ3n) is 2.93. The summed E-state index contributed by atoms with van der Waals surface area (Å²) in [6, 6.07) is 4.99. The Bertz CT molecular complexity index is 912. The molecular formula is C13H5BrF3IN2S. The van der Waals surface area contributed by atoms with Crippen molar-refractivity contribution in [2.45, 2.75) is 0 Å². The minimum Gasteiger partial charge on any atom is -0.330 e. The van der Waals surface area contributed by atoms with Crippen molar-refractivity contribution < 1.29 is 13.2 Å². The molecule has 0 aliphatic carbocycles. The van der Waals surface area contributed by atoms with Gasteiger partial charge in [0.25, 0.3) is 0 Å². The molecule has 8 heteroatoms. The largest absolute Gasteiger partial charge is 0.330 e. The molecule has 1 aromatic heterocycles. The van der Waals surface area contributed by atoms with Crippen LogP contribution in [0.2, 0.25) is 0 Å². The first-order chi connectivity index (χ1) is 9.88. The molecule has 0 atom stereocenters. The van der Waals surface area contributed by atoms with Crippen molar-refractivity contribution in [1.29, 1.82) is 0 Å². The number of hydrogen-bond acceptors (Lipinski definition) is 1. The van der Waals surface area contributed by atoms with Crippen LogP contribution in [0.5, 0.6) is 0 Å². The lowest BCUT2D eigenvalue weighted by molar-refractivity contribution is 0.568. The molecule has 0 aliphatic rings. The first kappa shape index (κ1) is 15.0. The van der Waals surface area contributed by atoms with Gasteiger partial charge >= 0.3 is 0 Å². The number of fused-ring (bicyclic) bond motifs is 1. The molecule has 2 nitrogen and oxygen atoms in total. The van der Waals surface area contributed by atoms with E-state index >= 15 is 0 Å². The number of nitrogens with zero attached hydrogens (tertiary/aromatic N) is 1. The maximum absolute atomic E-state index is 14.1. The smallest absolute Gasteiger partial charge is 0.182 e. The van der Waals surface area contributed by atoms with E-state index in [-0.39, 0.29) is 20.4 Å². The fraction of sp³-hybridized carbons (Fsp3) is 0. The van der Waals surface area contributed by atoms with E-state index in [0.29, 0.717) is 9.09 Å². The summed E-state index contributed by atoms with van der Waals surface area (Å²) in [5.74, 6) is -2.07. The number of rotatable bonds is 1. The second-order valence-corrected chi connectivity index (χ2v) is 6.73. The molecule has 108 valence electrons. The number of benzene rings is 2. The molecule has 2 aromatic carbocycles. The van der Waals surface area contributed by atoms with Gasteiger partial charge in [-0.3, -0.25) is 4.57 Å². The zero-order valence-corrected chi connectivity index (χ0v) is 14.6. The van der Waals surface area contributed by atoms with Gasteiger partial charge in [-0.05, 0) is 53.0 Å². The third kappa shape index (κ3) is 2.53. The van der Waals surface area contributed by atoms with Gasteiger partial charge in [0, 0.05) is 10.5 Å². The highest BCUT2D eigenvalue weighted by molar-refractivity contribution is 14.1. The molecule has 0 radical (unpaired) electrons. The molecule has 0 spiro atoms. The lowest BCUT2D eigenvalue weighted by Gasteiger charge is -2.08. The lowest BCUT2D eigenvalue weighted by Crippen LogP contribution is -2.02. The summed E-state index contributed by atoms with van der Waals surface area (Å²) in [4.78, 5) is 2.82. The summed E-state index contributed by atoms with van der Waals surface area (Å²) < 4.78 is 43.9. The molecule has 1 N–H and O–H groups in total. The van der Waals surface area contributed by atoms with Crippen molar-refractivity contribution in [3.8, 4) is 5.69 Å². The Kier molecular flexibility index (Phi) is 3.87. The summed E-state index contributed by atoms with van der Waals surface area (Å²) in [5.41, 5.74) is 0.445. The number of H-pyrrole nitrogens is 1. The van der Waals surface area contributed by atoms with Gasteiger partial charge in [0.05, 0.1) is 14.6 Å². The quantitative estimate of drug-likeness (QED) is 0.358. The van der Waals surface area contributed by atoms with Crippen LogP contribution in [0.25, 0.3) is 16.7 Å². The number of aromatic nitrogens is 2. The average Bonchev–Trinajstić information content (AvgIpc) is 2.66. The molecule has 3 aromatic rings. The molecule has 0 fully saturated rings. The van der Waals surface area contributed by atoms with Crippen LogP contribution in [0.3, 0.4) is 0 Å². The van der Waals surface area contributed by atoms with Crippen molar-refractivity contribution in [1.82, 2.24) is 9.55 Å². The van der Waals surface area contributed by atoms with E-state index in [9.17, 15) is 13.2 Å². The first-order valence-corrected chi connectivity index (χ1v) is 7.91. The van der Waals surface area contributed by atoms with Crippen LogP contribution < -0.4 is 0 Å². The van der Waals surface area contributed by atoms with Gasteiger partial charge in [0.15, 0.2) is 16.4 Å². The zero-order valence-electron chi connectivity index (χ0n) is 10.1. The van der Waals surface area contributed by atoms with Crippen LogP contribution in [0, 0.1) is 25.8 Å². The van der Waals surface area contributed by atoms with Crippen LogP contribution in [0.4, 0.5) is 13.2 Å². The average molecular weight is 485 g/mol. The zero-order chi connectivity index (χ0) is 15.3. The van der Waals surface area contributed by atoms with Gasteiger partial charge < -0.3 is 4.98 Å². The highest BCUT2D eigenvalue weighted by Crippen LogP contribution is 2.28. The van der Waals surface area contributed by atoms with Crippen molar-refractivity contribution >= 4 is 61.8 Å². The van der Waals surface area contributed by atoms with E-state index in [1.54, 1.807) is 0 Å². The summed E-state index contributed by atoms with van der Waals surface area (Å²) in [6.45, 7) is 0. The molecule has 1 heterocycles. The second-order valence-electron chi connectivity index (χ2n) is 4.27. The SMILES string of the molecule is Fc1cc2c(cc1I)[nH]c(=S)n2-c1c(F)cc(Br)cc1F. The number of imidazole rings is 1. The van der Waals surface area contributed by atoms with E-state index in [4.69, 9.17) is 12.2 Å². The van der Waals surface area contributed by atoms with E-state index < -0.39 is 17.5 Å². The summed E-state index contributed by atoms with van der Waals surface area (Å²) in [7, 11) is 0. The fourth-order valence-electron chi connectivity index (χ4n) is 2.07. The maximum Gasteiger partial charge on any atom is 0.182 e. The Morgan fingerprint density at radius 1 is 1.05 bits per heavy atom. The lowest BCUT2D eigenvalue weighted by atomic mass is 10.2. The number of aromatic amines is 1. The van der Waals surface area contributed by atoms with Gasteiger partial charge in [0.2, 0.25) is 0 Å². The normalized spacial score (nSPS) is 11.3. The molecule has 0 bridgehead atoms. The fourth-order valence-corrected chi connectivity index (χ4v) is 3.24. The second kappa shape index (κ2) is 5.40. The molecular weight excluding hydrogens is 480 g/mol. The van der Waals surface area contributed by atoms with Crippen LogP contribution >= 0.6 is 50.7 Å². The predicted octanol–water partition coefficient (Wildman–Crippen LogP) is 5.47. The molecule has 3 rings (SSSR count). The number of halogens is 5. The van der Waals surface area contributed by atoms with Crippen molar-refractivity contribution in [2.24, 2.45) is 0 Å². The van der Waals surface area contributed by atoms with E-state index in [0.717, 1.165) is 16.7 Å². The van der Waals surface area contributed by atoms with Crippen LogP contribution in [0.1, 0.15) is 0 Å². The van der Waals surface area contributed by atoms with Crippen LogP contribution in [-0.2, 0) is 0 Å². The molecule has 0 saturated heterocycles. The Hall–Kier alpha value is -0.870. The minimum absolute atomic E-state index is 0.0894. The monoisotopic (exact) mass is 484 g/mol. The molecule has 0 aliphatic heterocycles. The third-order valence-corrected chi connectivity index (χ3v) is 4.50. The van der Waals surface area contributed by atoms with Gasteiger partial charge in [-0.15, -0.1) is 0 Å². The Morgan fingerprint density at radius 2 is 1.67 bits per heavy atom. The van der Waals surface area contributed by atoms with Gasteiger partial charge in [-0.25, -0.2) is 13.2 Å². The van der Waals surface area contributed by atoms with E-state index in [1.807, 2.05) is 22.6 Å². The van der Waals surface area contributed by atoms with E-state index in [1.165, 1.54) is 12.1 Å². The molecule has 21 heavy (non-hydrogen) atoms. The van der Waals surface area contributed by atoms with Gasteiger partial charge in [-0.2, -0.15) is 0 Å². The highest BCUT2D eigenvalue weighted by Gasteiger charge is 2.17. The Labute approximate surface area is 144 Å². The van der Waals surface area contributed by atoms with Crippen LogP contribution in [-0.4, -0.2) is 9.55 Å². The van der Waals surface area contributed by atoms with Crippen molar-refractivity contribution in [3.05, 3.63) is 54.5 Å². The maximum atomic E-state index is 14.1. The number of nitrogens with one attached hydrogen (secondary N) is 1. The van der Waals surface area contributed by atoms with Crippen molar-refractivity contribution in [2.75, 3.05) is 0 Å². The topological polar surface area (TPSA) is 20.7 Å². The molecule has 0 amide bonds. The molecule has 0 saturated carbocycles. The highest BCUT2D eigenvalue weighted by atomic mass is 127.